The van der Waals surface area contributed by atoms with Crippen LogP contribution in [0.5, 0.6) is 0 Å². The number of hydrogen-bond acceptors (Lipinski definition) is 7. The SMILES string of the molecule is COCCO.Cn1cncc1-c1nc(C(=O)NC2CCCC2)cc(C2CCOCC2)n1. The second-order valence-electron chi connectivity index (χ2n) is 7.95. The van der Waals surface area contributed by atoms with Crippen molar-refractivity contribution >= 4 is 5.91 Å². The summed E-state index contributed by atoms with van der Waals surface area (Å²) < 4.78 is 11.8. The monoisotopic (exact) mass is 431 g/mol. The number of rotatable bonds is 6. The van der Waals surface area contributed by atoms with E-state index in [0.29, 0.717) is 24.0 Å². The van der Waals surface area contributed by atoms with Gasteiger partial charge in [0.05, 0.1) is 25.7 Å². The van der Waals surface area contributed by atoms with E-state index in [4.69, 9.17) is 14.8 Å². The quantitative estimate of drug-likeness (QED) is 0.720. The molecule has 2 aromatic heterocycles. The Morgan fingerprint density at radius 1 is 1.26 bits per heavy atom. The van der Waals surface area contributed by atoms with Crippen molar-refractivity contribution in [3.05, 3.63) is 30.0 Å². The number of ether oxygens (including phenoxy) is 2. The van der Waals surface area contributed by atoms with Crippen molar-refractivity contribution in [1.29, 1.82) is 0 Å². The van der Waals surface area contributed by atoms with E-state index in [-0.39, 0.29) is 18.6 Å². The van der Waals surface area contributed by atoms with Gasteiger partial charge in [-0.05, 0) is 31.7 Å². The van der Waals surface area contributed by atoms with Gasteiger partial charge in [-0.25, -0.2) is 15.0 Å². The fraction of sp³-hybridized carbons (Fsp3) is 0.636. The van der Waals surface area contributed by atoms with Crippen LogP contribution in [0.4, 0.5) is 0 Å². The third-order valence-corrected chi connectivity index (χ3v) is 5.65. The number of amides is 1. The first-order valence-corrected chi connectivity index (χ1v) is 11.0. The van der Waals surface area contributed by atoms with Crippen LogP contribution in [0, 0.1) is 0 Å². The van der Waals surface area contributed by atoms with Crippen molar-refractivity contribution in [3.63, 3.8) is 0 Å². The fourth-order valence-corrected chi connectivity index (χ4v) is 3.89. The van der Waals surface area contributed by atoms with E-state index in [1.165, 1.54) is 12.8 Å². The molecule has 170 valence electrons. The molecule has 1 aliphatic carbocycles. The molecule has 2 N–H and O–H groups in total. The number of aryl methyl sites for hydroxylation is 1. The van der Waals surface area contributed by atoms with E-state index >= 15 is 0 Å². The second kappa shape index (κ2) is 11.9. The molecule has 0 atom stereocenters. The number of hydrogen-bond donors (Lipinski definition) is 2. The highest BCUT2D eigenvalue weighted by Gasteiger charge is 2.24. The number of aliphatic hydroxyl groups is 1. The van der Waals surface area contributed by atoms with E-state index in [0.717, 1.165) is 50.3 Å². The molecule has 2 fully saturated rings. The Balaban J connectivity index is 0.000000491. The van der Waals surface area contributed by atoms with Crippen LogP contribution in [0.15, 0.2) is 18.6 Å². The summed E-state index contributed by atoms with van der Waals surface area (Å²) in [6, 6.07) is 2.13. The van der Waals surface area contributed by atoms with Crippen molar-refractivity contribution in [3.8, 4) is 11.5 Å². The minimum atomic E-state index is -0.101. The van der Waals surface area contributed by atoms with E-state index in [1.807, 2.05) is 17.7 Å². The number of carbonyl (C=O) groups is 1. The molecule has 2 aromatic rings. The summed E-state index contributed by atoms with van der Waals surface area (Å²) in [5.41, 5.74) is 2.19. The van der Waals surface area contributed by atoms with Gasteiger partial charge in [-0.3, -0.25) is 4.79 Å². The predicted octanol–water partition coefficient (Wildman–Crippen LogP) is 2.07. The average Bonchev–Trinajstić information content (AvgIpc) is 3.46. The zero-order valence-electron chi connectivity index (χ0n) is 18.4. The van der Waals surface area contributed by atoms with E-state index in [2.05, 4.69) is 20.0 Å². The molecule has 9 nitrogen and oxygen atoms in total. The summed E-state index contributed by atoms with van der Waals surface area (Å²) in [4.78, 5) is 26.3. The lowest BCUT2D eigenvalue weighted by Crippen LogP contribution is -2.33. The highest BCUT2D eigenvalue weighted by atomic mass is 16.5. The van der Waals surface area contributed by atoms with Crippen LogP contribution in [-0.4, -0.2) is 70.1 Å². The Bertz CT molecular complexity index is 827. The maximum absolute atomic E-state index is 12.8. The first-order chi connectivity index (χ1) is 15.1. The topological polar surface area (TPSA) is 111 Å². The summed E-state index contributed by atoms with van der Waals surface area (Å²) >= 11 is 0. The Labute approximate surface area is 183 Å². The second-order valence-corrected chi connectivity index (χ2v) is 7.95. The van der Waals surface area contributed by atoms with Crippen LogP contribution in [-0.2, 0) is 16.5 Å². The molecule has 0 spiro atoms. The maximum Gasteiger partial charge on any atom is 0.270 e. The Morgan fingerprint density at radius 2 is 2.00 bits per heavy atom. The van der Waals surface area contributed by atoms with E-state index < -0.39 is 0 Å². The molecule has 0 unspecified atom stereocenters. The molecule has 3 heterocycles. The van der Waals surface area contributed by atoms with Gasteiger partial charge in [-0.15, -0.1) is 0 Å². The normalized spacial score (nSPS) is 17.3. The molecule has 1 aliphatic heterocycles. The van der Waals surface area contributed by atoms with Crippen LogP contribution in [0.3, 0.4) is 0 Å². The zero-order chi connectivity index (χ0) is 22.1. The van der Waals surface area contributed by atoms with Crippen molar-refractivity contribution in [1.82, 2.24) is 24.8 Å². The summed E-state index contributed by atoms with van der Waals surface area (Å²) in [5, 5.41) is 11.1. The molecule has 9 heteroatoms. The van der Waals surface area contributed by atoms with Gasteiger partial charge in [-0.2, -0.15) is 0 Å². The van der Waals surface area contributed by atoms with Crippen LogP contribution >= 0.6 is 0 Å². The maximum atomic E-state index is 12.8. The van der Waals surface area contributed by atoms with Gasteiger partial charge >= 0.3 is 0 Å². The van der Waals surface area contributed by atoms with E-state index in [1.54, 1.807) is 19.6 Å². The molecule has 0 radical (unpaired) electrons. The Kier molecular flexibility index (Phi) is 8.93. The standard InChI is InChI=1S/C19H25N5O2.C3H8O2/c1-24-12-20-11-17(24)18-22-15(13-6-8-26-9-7-13)10-16(23-18)19(25)21-14-4-2-3-5-14;1-5-3-2-4/h10-14H,2-9H2,1H3,(H,21,25);4H,2-3H2,1H3. The lowest BCUT2D eigenvalue weighted by atomic mass is 9.95. The van der Waals surface area contributed by atoms with Gasteiger partial charge in [0, 0.05) is 45.0 Å². The number of imidazole rings is 1. The minimum Gasteiger partial charge on any atom is -0.394 e. The minimum absolute atomic E-state index is 0.101. The third kappa shape index (κ3) is 6.56. The van der Waals surface area contributed by atoms with Gasteiger partial charge in [0.1, 0.15) is 11.4 Å². The van der Waals surface area contributed by atoms with E-state index in [9.17, 15) is 4.79 Å². The van der Waals surface area contributed by atoms with Gasteiger partial charge < -0.3 is 24.5 Å². The molecule has 31 heavy (non-hydrogen) atoms. The van der Waals surface area contributed by atoms with Crippen molar-refractivity contribution < 1.29 is 19.4 Å². The summed E-state index contributed by atoms with van der Waals surface area (Å²) in [5.74, 6) is 0.762. The van der Waals surface area contributed by atoms with Gasteiger partial charge in [0.15, 0.2) is 5.82 Å². The first kappa shape index (κ1) is 23.3. The van der Waals surface area contributed by atoms with Crippen molar-refractivity contribution in [2.24, 2.45) is 7.05 Å². The number of aromatic nitrogens is 4. The highest BCUT2D eigenvalue weighted by molar-refractivity contribution is 5.93. The largest absolute Gasteiger partial charge is 0.394 e. The van der Waals surface area contributed by atoms with Crippen LogP contribution in [0.25, 0.3) is 11.5 Å². The highest BCUT2D eigenvalue weighted by Crippen LogP contribution is 2.28. The number of aliphatic hydroxyl groups excluding tert-OH is 1. The van der Waals surface area contributed by atoms with Crippen LogP contribution < -0.4 is 5.32 Å². The summed E-state index contributed by atoms with van der Waals surface area (Å²) in [6.07, 6.45) is 9.78. The first-order valence-electron chi connectivity index (χ1n) is 11.0. The predicted molar refractivity (Wildman–Crippen MR) is 116 cm³/mol. The summed E-state index contributed by atoms with van der Waals surface area (Å²) in [7, 11) is 3.46. The zero-order valence-corrected chi connectivity index (χ0v) is 18.4. The lowest BCUT2D eigenvalue weighted by Gasteiger charge is -2.22. The Hall–Kier alpha value is -2.36. The Morgan fingerprint density at radius 3 is 2.58 bits per heavy atom. The van der Waals surface area contributed by atoms with Crippen molar-refractivity contribution in [2.45, 2.75) is 50.5 Å². The fourth-order valence-electron chi connectivity index (χ4n) is 3.89. The number of nitrogens with one attached hydrogen (secondary N) is 1. The smallest absolute Gasteiger partial charge is 0.270 e. The molecule has 0 aromatic carbocycles. The van der Waals surface area contributed by atoms with Crippen molar-refractivity contribution in [2.75, 3.05) is 33.5 Å². The molecule has 1 saturated carbocycles. The molecule has 1 saturated heterocycles. The number of carbonyl (C=O) groups excluding carboxylic acids is 1. The van der Waals surface area contributed by atoms with Gasteiger partial charge in [-0.1, -0.05) is 12.8 Å². The molecule has 0 bridgehead atoms. The summed E-state index contributed by atoms with van der Waals surface area (Å²) in [6.45, 7) is 2.04. The van der Waals surface area contributed by atoms with Gasteiger partial charge in [0.2, 0.25) is 0 Å². The molecular weight excluding hydrogens is 398 g/mol. The molecule has 1 amide bonds. The third-order valence-electron chi connectivity index (χ3n) is 5.65. The number of methoxy groups -OCH3 is 1. The molecule has 4 rings (SSSR count). The lowest BCUT2D eigenvalue weighted by molar-refractivity contribution is 0.0844. The van der Waals surface area contributed by atoms with Crippen LogP contribution in [0.1, 0.15) is 60.6 Å². The molecule has 2 aliphatic rings. The van der Waals surface area contributed by atoms with Gasteiger partial charge in [0.25, 0.3) is 5.91 Å². The number of nitrogens with zero attached hydrogens (tertiary/aromatic N) is 4. The molecular formula is C22H33N5O4. The average molecular weight is 432 g/mol. The van der Waals surface area contributed by atoms with Crippen LogP contribution in [0.2, 0.25) is 0 Å².